The van der Waals surface area contributed by atoms with Crippen molar-refractivity contribution >= 4 is 0 Å². The monoisotopic (exact) mass is 324 g/mol. The molecule has 2 bridgehead atoms. The Bertz CT molecular complexity index is 677. The summed E-state index contributed by atoms with van der Waals surface area (Å²) < 4.78 is 2.44. The third-order valence-corrected chi connectivity index (χ3v) is 5.84. The molecule has 4 heteroatoms. The van der Waals surface area contributed by atoms with Crippen molar-refractivity contribution in [1.82, 2.24) is 19.7 Å². The van der Waals surface area contributed by atoms with Gasteiger partial charge in [-0.15, -0.1) is 10.2 Å². The summed E-state index contributed by atoms with van der Waals surface area (Å²) in [5, 5.41) is 8.82. The molecule has 0 radical (unpaired) electrons. The average Bonchev–Trinajstić information content (AvgIpc) is 3.05. The van der Waals surface area contributed by atoms with Gasteiger partial charge < -0.3 is 4.57 Å². The first kappa shape index (κ1) is 15.8. The Balaban J connectivity index is 1.54. The minimum atomic E-state index is 0.436. The molecule has 0 aliphatic carbocycles. The lowest BCUT2D eigenvalue weighted by Crippen LogP contribution is -2.43. The Morgan fingerprint density at radius 1 is 1.00 bits per heavy atom. The highest BCUT2D eigenvalue weighted by Crippen LogP contribution is 2.42. The van der Waals surface area contributed by atoms with Crippen LogP contribution in [0.15, 0.2) is 30.3 Å². The van der Waals surface area contributed by atoms with E-state index >= 15 is 0 Å². The van der Waals surface area contributed by atoms with E-state index in [0.29, 0.717) is 24.0 Å². The topological polar surface area (TPSA) is 34.0 Å². The molecule has 2 fully saturated rings. The van der Waals surface area contributed by atoms with Crippen LogP contribution in [0.2, 0.25) is 0 Å². The van der Waals surface area contributed by atoms with Crippen molar-refractivity contribution in [3.05, 3.63) is 47.5 Å². The van der Waals surface area contributed by atoms with E-state index in [-0.39, 0.29) is 0 Å². The lowest BCUT2D eigenvalue weighted by atomic mass is 9.95. The molecule has 2 aliphatic rings. The molecule has 4 rings (SSSR count). The van der Waals surface area contributed by atoms with Crippen LogP contribution >= 0.6 is 0 Å². The fraction of sp³-hybridized carbons (Fsp3) is 0.600. The maximum Gasteiger partial charge on any atom is 0.135 e. The third kappa shape index (κ3) is 2.77. The second-order valence-corrected chi connectivity index (χ2v) is 7.80. The summed E-state index contributed by atoms with van der Waals surface area (Å²) >= 11 is 0. The number of fused-ring (bicyclic) bond motifs is 2. The number of nitrogens with zero attached hydrogens (tertiary/aromatic N) is 4. The van der Waals surface area contributed by atoms with Crippen LogP contribution in [0.5, 0.6) is 0 Å². The predicted octanol–water partition coefficient (Wildman–Crippen LogP) is 4.08. The molecule has 2 aliphatic heterocycles. The van der Waals surface area contributed by atoms with Gasteiger partial charge in [-0.3, -0.25) is 4.90 Å². The first-order valence-electron chi connectivity index (χ1n) is 9.34. The van der Waals surface area contributed by atoms with Crippen LogP contribution < -0.4 is 0 Å². The van der Waals surface area contributed by atoms with Gasteiger partial charge in [0.25, 0.3) is 0 Å². The molecule has 0 spiro atoms. The third-order valence-electron chi connectivity index (χ3n) is 5.84. The fourth-order valence-electron chi connectivity index (χ4n) is 4.74. The molecule has 0 N–H and O–H groups in total. The van der Waals surface area contributed by atoms with Gasteiger partial charge in [0.1, 0.15) is 11.6 Å². The van der Waals surface area contributed by atoms with E-state index < -0.39 is 0 Å². The van der Waals surface area contributed by atoms with Crippen LogP contribution in [0.25, 0.3) is 0 Å². The molecular weight excluding hydrogens is 296 g/mol. The number of aromatic nitrogens is 3. The van der Waals surface area contributed by atoms with Crippen LogP contribution in [0.4, 0.5) is 0 Å². The number of hydrogen-bond donors (Lipinski definition) is 0. The van der Waals surface area contributed by atoms with Gasteiger partial charge in [0, 0.05) is 30.6 Å². The predicted molar refractivity (Wildman–Crippen MR) is 95.9 cm³/mol. The van der Waals surface area contributed by atoms with Crippen LogP contribution in [0.3, 0.4) is 0 Å². The van der Waals surface area contributed by atoms with Crippen LogP contribution in [-0.2, 0) is 6.54 Å². The van der Waals surface area contributed by atoms with Gasteiger partial charge in [-0.25, -0.2) is 0 Å². The summed E-state index contributed by atoms with van der Waals surface area (Å²) in [6.45, 7) is 7.65. The van der Waals surface area contributed by atoms with Gasteiger partial charge in [-0.1, -0.05) is 44.2 Å². The molecule has 128 valence electrons. The summed E-state index contributed by atoms with van der Waals surface area (Å²) in [6, 6.07) is 12.9. The maximum absolute atomic E-state index is 4.45. The second-order valence-electron chi connectivity index (χ2n) is 7.80. The molecule has 1 aromatic heterocycles. The Morgan fingerprint density at radius 3 is 2.29 bits per heavy atom. The van der Waals surface area contributed by atoms with E-state index in [0.717, 1.165) is 18.2 Å². The average molecular weight is 324 g/mol. The second kappa shape index (κ2) is 6.32. The van der Waals surface area contributed by atoms with Gasteiger partial charge in [0.15, 0.2) is 0 Å². The molecule has 2 aromatic rings. The van der Waals surface area contributed by atoms with Crippen LogP contribution in [-0.4, -0.2) is 31.7 Å². The highest BCUT2D eigenvalue weighted by molar-refractivity contribution is 5.16. The van der Waals surface area contributed by atoms with E-state index in [1.807, 2.05) is 0 Å². The van der Waals surface area contributed by atoms with E-state index in [2.05, 4.69) is 70.8 Å². The zero-order valence-electron chi connectivity index (χ0n) is 15.0. The standard InChI is InChI=1S/C20H28N4/c1-14(2)20-22-21-15(3)24(20)19-11-17-9-10-18(12-19)23(17)13-16-7-5-4-6-8-16/h4-8,14,17-19H,9-13H2,1-3H3/t17-,18+,19?. The van der Waals surface area contributed by atoms with Gasteiger partial charge in [-0.2, -0.15) is 0 Å². The Hall–Kier alpha value is -1.68. The SMILES string of the molecule is Cc1nnc(C(C)C)n1C1C[C@H]2CC[C@@H](C1)N2Cc1ccccc1. The molecular formula is C20H28N4. The van der Waals surface area contributed by atoms with Crippen molar-refractivity contribution in [1.29, 1.82) is 0 Å². The number of rotatable bonds is 4. The highest BCUT2D eigenvalue weighted by atomic mass is 15.3. The molecule has 3 atom stereocenters. The summed E-state index contributed by atoms with van der Waals surface area (Å²) in [6.07, 6.45) is 5.15. The largest absolute Gasteiger partial charge is 0.312 e. The summed E-state index contributed by atoms with van der Waals surface area (Å²) in [5.41, 5.74) is 1.44. The van der Waals surface area contributed by atoms with Crippen molar-refractivity contribution in [3.8, 4) is 0 Å². The lowest BCUT2D eigenvalue weighted by Gasteiger charge is -2.40. The first-order chi connectivity index (χ1) is 11.6. The molecule has 3 heterocycles. The van der Waals surface area contributed by atoms with Gasteiger partial charge in [0.05, 0.1) is 0 Å². The normalized spacial score (nSPS) is 27.1. The molecule has 0 amide bonds. The Labute approximate surface area is 144 Å². The van der Waals surface area contributed by atoms with Gasteiger partial charge >= 0.3 is 0 Å². The quantitative estimate of drug-likeness (QED) is 0.850. The smallest absolute Gasteiger partial charge is 0.135 e. The zero-order valence-corrected chi connectivity index (χ0v) is 15.0. The fourth-order valence-corrected chi connectivity index (χ4v) is 4.74. The molecule has 1 aromatic carbocycles. The number of benzene rings is 1. The maximum atomic E-state index is 4.45. The highest BCUT2D eigenvalue weighted by Gasteiger charge is 2.42. The van der Waals surface area contributed by atoms with E-state index in [9.17, 15) is 0 Å². The minimum Gasteiger partial charge on any atom is -0.312 e. The molecule has 0 saturated carbocycles. The lowest BCUT2D eigenvalue weighted by molar-refractivity contribution is 0.0973. The molecule has 4 nitrogen and oxygen atoms in total. The molecule has 2 saturated heterocycles. The van der Waals surface area contributed by atoms with Crippen molar-refractivity contribution < 1.29 is 0 Å². The molecule has 24 heavy (non-hydrogen) atoms. The van der Waals surface area contributed by atoms with Gasteiger partial charge in [0.2, 0.25) is 0 Å². The van der Waals surface area contributed by atoms with Crippen molar-refractivity contribution in [2.24, 2.45) is 0 Å². The molecule has 1 unspecified atom stereocenters. The zero-order chi connectivity index (χ0) is 16.7. The van der Waals surface area contributed by atoms with Crippen molar-refractivity contribution in [3.63, 3.8) is 0 Å². The van der Waals surface area contributed by atoms with Gasteiger partial charge in [-0.05, 0) is 38.2 Å². The number of hydrogen-bond acceptors (Lipinski definition) is 3. The minimum absolute atomic E-state index is 0.436. The van der Waals surface area contributed by atoms with E-state index in [1.165, 1.54) is 31.2 Å². The summed E-state index contributed by atoms with van der Waals surface area (Å²) in [5.74, 6) is 2.68. The van der Waals surface area contributed by atoms with Crippen LogP contribution in [0.1, 0.15) is 68.7 Å². The van der Waals surface area contributed by atoms with E-state index in [4.69, 9.17) is 0 Å². The Morgan fingerprint density at radius 2 is 1.67 bits per heavy atom. The number of piperidine rings is 1. The van der Waals surface area contributed by atoms with Crippen molar-refractivity contribution in [2.75, 3.05) is 0 Å². The Kier molecular flexibility index (Phi) is 4.17. The summed E-state index contributed by atoms with van der Waals surface area (Å²) in [7, 11) is 0. The number of aryl methyl sites for hydroxylation is 1. The van der Waals surface area contributed by atoms with E-state index in [1.54, 1.807) is 0 Å². The first-order valence-corrected chi connectivity index (χ1v) is 9.34. The van der Waals surface area contributed by atoms with Crippen molar-refractivity contribution in [2.45, 2.75) is 77.0 Å². The van der Waals surface area contributed by atoms with Crippen LogP contribution in [0, 0.1) is 6.92 Å². The summed E-state index contributed by atoms with van der Waals surface area (Å²) in [4.78, 5) is 2.75.